The number of hydrogen-bond donors (Lipinski definition) is 2. The molecule has 24 heavy (non-hydrogen) atoms. The Morgan fingerprint density at radius 3 is 2.62 bits per heavy atom. The minimum atomic E-state index is -1.35. The summed E-state index contributed by atoms with van der Waals surface area (Å²) in [5.74, 6) is -1.36. The number of nitrogens with zero attached hydrogens (tertiary/aromatic N) is 1. The van der Waals surface area contributed by atoms with E-state index in [1.807, 2.05) is 0 Å². The molecule has 1 fully saturated rings. The minimum absolute atomic E-state index is 0.00274. The molecule has 2 heterocycles. The van der Waals surface area contributed by atoms with E-state index in [1.165, 1.54) is 6.07 Å². The van der Waals surface area contributed by atoms with Crippen molar-refractivity contribution < 1.29 is 24.0 Å². The summed E-state index contributed by atoms with van der Waals surface area (Å²) in [7, 11) is 0. The molecule has 0 spiro atoms. The normalized spacial score (nSPS) is 16.5. The molecule has 1 saturated heterocycles. The Balaban J connectivity index is 1.81. The fraction of sp³-hybridized carbons (Fsp3) is 0.312. The lowest BCUT2D eigenvalue weighted by molar-refractivity contribution is -0.148. The third kappa shape index (κ3) is 3.13. The number of benzene rings is 1. The van der Waals surface area contributed by atoms with Crippen molar-refractivity contribution in [2.45, 2.75) is 18.4 Å². The number of amides is 1. The largest absolute Gasteiger partial charge is 0.480 e. The van der Waals surface area contributed by atoms with Gasteiger partial charge in [-0.25, -0.2) is 4.79 Å². The maximum Gasteiger partial charge on any atom is 0.329 e. The van der Waals surface area contributed by atoms with Crippen LogP contribution in [-0.4, -0.2) is 40.9 Å². The van der Waals surface area contributed by atoms with Crippen LogP contribution in [0, 0.1) is 0 Å². The van der Waals surface area contributed by atoms with Crippen molar-refractivity contribution in [2.24, 2.45) is 0 Å². The Bertz CT molecular complexity index is 767. The molecule has 1 amide bonds. The Labute approximate surface area is 142 Å². The van der Waals surface area contributed by atoms with Crippen LogP contribution in [0.1, 0.15) is 23.3 Å². The second kappa shape index (κ2) is 6.62. The molecule has 7 nitrogen and oxygen atoms in total. The molecular formula is C16H15ClN2O5. The van der Waals surface area contributed by atoms with Crippen LogP contribution in [0.3, 0.4) is 0 Å². The minimum Gasteiger partial charge on any atom is -0.480 e. The predicted octanol–water partition coefficient (Wildman–Crippen LogP) is 2.36. The Kier molecular flexibility index (Phi) is 4.55. The van der Waals surface area contributed by atoms with Gasteiger partial charge in [0, 0.05) is 37.7 Å². The van der Waals surface area contributed by atoms with Crippen LogP contribution in [0.2, 0.25) is 5.02 Å². The van der Waals surface area contributed by atoms with Crippen molar-refractivity contribution in [1.82, 2.24) is 10.5 Å². The van der Waals surface area contributed by atoms with Gasteiger partial charge in [0.15, 0.2) is 11.5 Å². The molecule has 1 aliphatic rings. The van der Waals surface area contributed by atoms with Crippen LogP contribution in [0.5, 0.6) is 0 Å². The van der Waals surface area contributed by atoms with Gasteiger partial charge in [-0.05, 0) is 12.1 Å². The van der Waals surface area contributed by atoms with E-state index in [4.69, 9.17) is 20.9 Å². The van der Waals surface area contributed by atoms with Crippen LogP contribution in [-0.2, 0) is 9.53 Å². The number of carbonyl (C=O) groups is 2. The van der Waals surface area contributed by atoms with Crippen LogP contribution < -0.4 is 5.32 Å². The monoisotopic (exact) mass is 350 g/mol. The second-order valence-electron chi connectivity index (χ2n) is 5.51. The predicted molar refractivity (Wildman–Crippen MR) is 84.8 cm³/mol. The average molecular weight is 351 g/mol. The molecule has 1 aromatic heterocycles. The van der Waals surface area contributed by atoms with Gasteiger partial charge in [-0.2, -0.15) is 0 Å². The fourth-order valence-corrected chi connectivity index (χ4v) is 2.79. The molecule has 0 saturated carbocycles. The molecule has 3 rings (SSSR count). The first-order chi connectivity index (χ1) is 11.5. The standard InChI is InChI=1S/C16H15ClN2O5/c17-11-4-2-1-3-10(11)13-9-12(19-24-13)14(20)18-16(15(21)22)5-7-23-8-6-16/h1-4,9H,5-8H2,(H,18,20)(H,21,22). The first-order valence-electron chi connectivity index (χ1n) is 7.37. The van der Waals surface area contributed by atoms with E-state index in [0.29, 0.717) is 16.3 Å². The highest BCUT2D eigenvalue weighted by molar-refractivity contribution is 6.33. The summed E-state index contributed by atoms with van der Waals surface area (Å²) in [5, 5.41) is 16.2. The van der Waals surface area contributed by atoms with Gasteiger partial charge in [0.1, 0.15) is 5.54 Å². The molecule has 2 aromatic rings. The van der Waals surface area contributed by atoms with Crippen molar-refractivity contribution in [3.05, 3.63) is 41.0 Å². The van der Waals surface area contributed by atoms with Crippen molar-refractivity contribution in [2.75, 3.05) is 13.2 Å². The molecule has 1 aliphatic heterocycles. The summed E-state index contributed by atoms with van der Waals surface area (Å²) >= 11 is 6.09. The van der Waals surface area contributed by atoms with Crippen LogP contribution in [0.15, 0.2) is 34.9 Å². The lowest BCUT2D eigenvalue weighted by atomic mass is 9.90. The number of ether oxygens (including phenoxy) is 1. The van der Waals surface area contributed by atoms with E-state index in [0.717, 1.165) is 0 Å². The highest BCUT2D eigenvalue weighted by Gasteiger charge is 2.42. The topological polar surface area (TPSA) is 102 Å². The van der Waals surface area contributed by atoms with E-state index < -0.39 is 17.4 Å². The first-order valence-corrected chi connectivity index (χ1v) is 7.75. The van der Waals surface area contributed by atoms with E-state index >= 15 is 0 Å². The third-order valence-electron chi connectivity index (χ3n) is 3.99. The Morgan fingerprint density at radius 2 is 1.96 bits per heavy atom. The summed E-state index contributed by atoms with van der Waals surface area (Å²) in [6.45, 7) is 0.548. The number of carboxylic acids is 1. The molecular weight excluding hydrogens is 336 g/mol. The number of hydrogen-bond acceptors (Lipinski definition) is 5. The van der Waals surface area contributed by atoms with E-state index in [1.54, 1.807) is 24.3 Å². The van der Waals surface area contributed by atoms with Crippen molar-refractivity contribution in [1.29, 1.82) is 0 Å². The zero-order chi connectivity index (χ0) is 17.2. The number of aliphatic carboxylic acids is 1. The van der Waals surface area contributed by atoms with E-state index in [2.05, 4.69) is 10.5 Å². The van der Waals surface area contributed by atoms with E-state index in [9.17, 15) is 14.7 Å². The third-order valence-corrected chi connectivity index (χ3v) is 4.32. The summed E-state index contributed by atoms with van der Waals surface area (Å²) in [6, 6.07) is 8.43. The summed E-state index contributed by atoms with van der Waals surface area (Å²) < 4.78 is 10.3. The number of carboxylic acid groups (broad SMARTS) is 1. The maximum atomic E-state index is 12.4. The quantitative estimate of drug-likeness (QED) is 0.877. The zero-order valence-electron chi connectivity index (χ0n) is 12.6. The van der Waals surface area contributed by atoms with Gasteiger partial charge in [-0.3, -0.25) is 4.79 Å². The smallest absolute Gasteiger partial charge is 0.329 e. The van der Waals surface area contributed by atoms with Gasteiger partial charge in [0.25, 0.3) is 5.91 Å². The van der Waals surface area contributed by atoms with Gasteiger partial charge < -0.3 is 19.7 Å². The summed E-state index contributed by atoms with van der Waals surface area (Å²) in [4.78, 5) is 24.0. The van der Waals surface area contributed by atoms with Crippen LogP contribution in [0.4, 0.5) is 0 Å². The molecule has 0 bridgehead atoms. The molecule has 0 atom stereocenters. The summed E-state index contributed by atoms with van der Waals surface area (Å²) in [6.07, 6.45) is 0.395. The number of nitrogens with one attached hydrogen (secondary N) is 1. The fourth-order valence-electron chi connectivity index (χ4n) is 2.56. The average Bonchev–Trinajstić information content (AvgIpc) is 3.06. The van der Waals surface area contributed by atoms with E-state index in [-0.39, 0.29) is 31.7 Å². The number of carbonyl (C=O) groups excluding carboxylic acids is 1. The Morgan fingerprint density at radius 1 is 1.25 bits per heavy atom. The van der Waals surface area contributed by atoms with Gasteiger partial charge in [-0.15, -0.1) is 0 Å². The van der Waals surface area contributed by atoms with Crippen LogP contribution in [0.25, 0.3) is 11.3 Å². The van der Waals surface area contributed by atoms with Crippen LogP contribution >= 0.6 is 11.6 Å². The number of aromatic nitrogens is 1. The first kappa shape index (κ1) is 16.5. The summed E-state index contributed by atoms with van der Waals surface area (Å²) in [5.41, 5.74) is -0.750. The van der Waals surface area contributed by atoms with Crippen molar-refractivity contribution >= 4 is 23.5 Å². The van der Waals surface area contributed by atoms with Gasteiger partial charge in [0.2, 0.25) is 0 Å². The van der Waals surface area contributed by atoms with Crippen molar-refractivity contribution in [3.63, 3.8) is 0 Å². The highest BCUT2D eigenvalue weighted by atomic mass is 35.5. The SMILES string of the molecule is O=C(NC1(C(=O)O)CCOCC1)c1cc(-c2ccccc2Cl)on1. The van der Waals surface area contributed by atoms with Gasteiger partial charge in [-0.1, -0.05) is 28.9 Å². The lowest BCUT2D eigenvalue weighted by Gasteiger charge is -2.33. The number of halogens is 1. The molecule has 2 N–H and O–H groups in total. The lowest BCUT2D eigenvalue weighted by Crippen LogP contribution is -2.57. The van der Waals surface area contributed by atoms with Crippen molar-refractivity contribution in [3.8, 4) is 11.3 Å². The maximum absolute atomic E-state index is 12.4. The molecule has 1 aromatic carbocycles. The van der Waals surface area contributed by atoms with Gasteiger partial charge >= 0.3 is 5.97 Å². The molecule has 0 radical (unpaired) electrons. The molecule has 0 aliphatic carbocycles. The second-order valence-corrected chi connectivity index (χ2v) is 5.92. The molecule has 126 valence electrons. The zero-order valence-corrected chi connectivity index (χ0v) is 13.4. The van der Waals surface area contributed by atoms with Gasteiger partial charge in [0.05, 0.1) is 5.02 Å². The molecule has 0 unspecified atom stereocenters. The Hall–Kier alpha value is -2.38. The highest BCUT2D eigenvalue weighted by Crippen LogP contribution is 2.28. The molecule has 8 heteroatoms. The number of rotatable bonds is 4.